The van der Waals surface area contributed by atoms with E-state index >= 15 is 4.39 Å². The molecule has 0 aromatic heterocycles. The second kappa shape index (κ2) is 12.6. The van der Waals surface area contributed by atoms with E-state index in [9.17, 15) is 14.0 Å². The van der Waals surface area contributed by atoms with E-state index in [-0.39, 0.29) is 48.0 Å². The Bertz CT molecular complexity index is 1180. The van der Waals surface area contributed by atoms with Gasteiger partial charge in [0.15, 0.2) is 0 Å². The Kier molecular flexibility index (Phi) is 9.91. The third kappa shape index (κ3) is 8.05. The SMILES string of the molecule is C=C(C)C(=C)OCC(COC(=O)C(=C)C)Cc1ccc(-c2ccc(OC(=O)C(=C)C)cc2F)cc1F. The van der Waals surface area contributed by atoms with Gasteiger partial charge in [-0.05, 0) is 62.1 Å². The predicted octanol–water partition coefficient (Wildman–Crippen LogP) is 6.50. The molecule has 2 rings (SSSR count). The van der Waals surface area contributed by atoms with Gasteiger partial charge in [-0.1, -0.05) is 38.4 Å². The van der Waals surface area contributed by atoms with E-state index in [0.29, 0.717) is 22.5 Å². The van der Waals surface area contributed by atoms with E-state index in [1.807, 2.05) is 0 Å². The van der Waals surface area contributed by atoms with Crippen molar-refractivity contribution in [1.82, 2.24) is 0 Å². The van der Waals surface area contributed by atoms with Crippen molar-refractivity contribution in [3.63, 3.8) is 0 Å². The summed E-state index contributed by atoms with van der Waals surface area (Å²) in [6, 6.07) is 8.23. The lowest BCUT2D eigenvalue weighted by Gasteiger charge is -2.19. The number of carbonyl (C=O) groups excluding carboxylic acids is 2. The Morgan fingerprint density at radius 3 is 2.00 bits per heavy atom. The highest BCUT2D eigenvalue weighted by atomic mass is 19.1. The van der Waals surface area contributed by atoms with Gasteiger partial charge in [-0.2, -0.15) is 0 Å². The summed E-state index contributed by atoms with van der Waals surface area (Å²) in [6.07, 6.45) is 0.192. The quantitative estimate of drug-likeness (QED) is 0.110. The standard InChI is InChI=1S/C29H30F2O5/c1-17(2)20(7)34-15-21(16-35-28(32)18(3)4)12-23-9-8-22(13-26(23)30)25-11-10-24(14-27(25)31)36-29(33)19(5)6/h8-11,13-14,21H,1,3,5,7,12,15-16H2,2,4,6H3. The molecule has 2 aromatic carbocycles. The Morgan fingerprint density at radius 2 is 1.44 bits per heavy atom. The van der Waals surface area contributed by atoms with Gasteiger partial charge in [-0.15, -0.1) is 0 Å². The Morgan fingerprint density at radius 1 is 0.806 bits per heavy atom. The number of allylic oxidation sites excluding steroid dienone is 1. The van der Waals surface area contributed by atoms with Crippen molar-refractivity contribution in [1.29, 1.82) is 0 Å². The van der Waals surface area contributed by atoms with Gasteiger partial charge in [0.05, 0.1) is 13.2 Å². The van der Waals surface area contributed by atoms with Crippen LogP contribution in [0.4, 0.5) is 8.78 Å². The van der Waals surface area contributed by atoms with E-state index in [2.05, 4.69) is 26.3 Å². The highest BCUT2D eigenvalue weighted by molar-refractivity contribution is 5.89. The summed E-state index contributed by atoms with van der Waals surface area (Å²) < 4.78 is 45.6. The van der Waals surface area contributed by atoms with Crippen LogP contribution in [0.3, 0.4) is 0 Å². The van der Waals surface area contributed by atoms with E-state index in [1.165, 1.54) is 32.0 Å². The van der Waals surface area contributed by atoms with Crippen LogP contribution in [0.1, 0.15) is 26.3 Å². The van der Waals surface area contributed by atoms with Crippen LogP contribution >= 0.6 is 0 Å². The predicted molar refractivity (Wildman–Crippen MR) is 135 cm³/mol. The summed E-state index contributed by atoms with van der Waals surface area (Å²) in [5.74, 6) is -2.44. The maximum absolute atomic E-state index is 15.0. The van der Waals surface area contributed by atoms with E-state index in [1.54, 1.807) is 19.1 Å². The second-order valence-corrected chi connectivity index (χ2v) is 8.58. The topological polar surface area (TPSA) is 61.8 Å². The smallest absolute Gasteiger partial charge is 0.338 e. The van der Waals surface area contributed by atoms with Gasteiger partial charge in [0.2, 0.25) is 0 Å². The lowest BCUT2D eigenvalue weighted by molar-refractivity contribution is -0.140. The minimum Gasteiger partial charge on any atom is -0.494 e. The zero-order chi connectivity index (χ0) is 27.0. The zero-order valence-corrected chi connectivity index (χ0v) is 20.8. The molecule has 0 heterocycles. The first-order valence-electron chi connectivity index (χ1n) is 11.1. The molecule has 2 aromatic rings. The summed E-state index contributed by atoms with van der Waals surface area (Å²) in [7, 11) is 0. The number of halogens is 2. The van der Waals surface area contributed by atoms with Crippen molar-refractivity contribution in [2.75, 3.05) is 13.2 Å². The van der Waals surface area contributed by atoms with Crippen LogP contribution in [0, 0.1) is 17.6 Å². The molecule has 0 aliphatic carbocycles. The number of rotatable bonds is 12. The lowest BCUT2D eigenvalue weighted by Crippen LogP contribution is -2.22. The van der Waals surface area contributed by atoms with Gasteiger partial charge in [-0.25, -0.2) is 18.4 Å². The Hall–Kier alpha value is -4.00. The van der Waals surface area contributed by atoms with Crippen LogP contribution in [0.5, 0.6) is 5.75 Å². The fraction of sp³-hybridized carbons (Fsp3) is 0.241. The molecular formula is C29H30F2O5. The molecule has 1 atom stereocenters. The number of ether oxygens (including phenoxy) is 3. The zero-order valence-electron chi connectivity index (χ0n) is 20.8. The Labute approximate surface area is 210 Å². The van der Waals surface area contributed by atoms with E-state index < -0.39 is 23.6 Å². The molecule has 0 fully saturated rings. The minimum absolute atomic E-state index is 0.0184. The normalized spacial score (nSPS) is 11.2. The molecule has 0 aliphatic rings. The highest BCUT2D eigenvalue weighted by Crippen LogP contribution is 2.29. The first-order chi connectivity index (χ1) is 16.9. The van der Waals surface area contributed by atoms with Crippen molar-refractivity contribution in [3.05, 3.63) is 102 Å². The van der Waals surface area contributed by atoms with E-state index in [4.69, 9.17) is 14.2 Å². The number of carbonyl (C=O) groups is 2. The number of esters is 2. The number of hydrogen-bond donors (Lipinski definition) is 0. The summed E-state index contributed by atoms with van der Waals surface area (Å²) in [5.41, 5.74) is 1.86. The van der Waals surface area contributed by atoms with Crippen molar-refractivity contribution in [3.8, 4) is 16.9 Å². The van der Waals surface area contributed by atoms with Crippen molar-refractivity contribution >= 4 is 11.9 Å². The van der Waals surface area contributed by atoms with Crippen LogP contribution in [0.25, 0.3) is 11.1 Å². The largest absolute Gasteiger partial charge is 0.494 e. The van der Waals surface area contributed by atoms with Crippen molar-refractivity contribution in [2.24, 2.45) is 5.92 Å². The monoisotopic (exact) mass is 496 g/mol. The van der Waals surface area contributed by atoms with Crippen LogP contribution < -0.4 is 4.74 Å². The molecule has 5 nitrogen and oxygen atoms in total. The van der Waals surface area contributed by atoms with Gasteiger partial charge in [-0.3, -0.25) is 0 Å². The number of benzene rings is 2. The summed E-state index contributed by atoms with van der Waals surface area (Å²) >= 11 is 0. The second-order valence-electron chi connectivity index (χ2n) is 8.58. The van der Waals surface area contributed by atoms with Crippen LogP contribution in [0.15, 0.2) is 85.2 Å². The molecule has 0 saturated carbocycles. The molecule has 0 spiro atoms. The third-order valence-corrected chi connectivity index (χ3v) is 5.14. The fourth-order valence-electron chi connectivity index (χ4n) is 3.00. The van der Waals surface area contributed by atoms with Gasteiger partial charge < -0.3 is 14.2 Å². The summed E-state index contributed by atoms with van der Waals surface area (Å²) in [4.78, 5) is 23.5. The molecule has 0 radical (unpaired) electrons. The molecule has 1 unspecified atom stereocenters. The molecule has 7 heteroatoms. The first-order valence-corrected chi connectivity index (χ1v) is 11.1. The summed E-state index contributed by atoms with van der Waals surface area (Å²) in [5, 5.41) is 0. The van der Waals surface area contributed by atoms with Crippen LogP contribution in [-0.4, -0.2) is 25.2 Å². The fourth-order valence-corrected chi connectivity index (χ4v) is 3.00. The molecular weight excluding hydrogens is 466 g/mol. The minimum atomic E-state index is -0.676. The molecule has 0 bridgehead atoms. The van der Waals surface area contributed by atoms with Crippen LogP contribution in [-0.2, 0) is 25.5 Å². The van der Waals surface area contributed by atoms with Crippen molar-refractivity contribution in [2.45, 2.75) is 27.2 Å². The number of hydrogen-bond acceptors (Lipinski definition) is 5. The first kappa shape index (κ1) is 28.2. The summed E-state index contributed by atoms with van der Waals surface area (Å²) in [6.45, 7) is 19.4. The van der Waals surface area contributed by atoms with Gasteiger partial charge in [0, 0.05) is 28.7 Å². The van der Waals surface area contributed by atoms with E-state index in [0.717, 1.165) is 6.07 Å². The molecule has 36 heavy (non-hydrogen) atoms. The van der Waals surface area contributed by atoms with Crippen LogP contribution in [0.2, 0.25) is 0 Å². The maximum atomic E-state index is 15.0. The average molecular weight is 497 g/mol. The average Bonchev–Trinajstić information content (AvgIpc) is 2.81. The lowest BCUT2D eigenvalue weighted by atomic mass is 9.97. The maximum Gasteiger partial charge on any atom is 0.338 e. The third-order valence-electron chi connectivity index (χ3n) is 5.14. The highest BCUT2D eigenvalue weighted by Gasteiger charge is 2.18. The molecule has 190 valence electrons. The van der Waals surface area contributed by atoms with Crippen molar-refractivity contribution < 1.29 is 32.6 Å². The van der Waals surface area contributed by atoms with Gasteiger partial charge in [0.1, 0.15) is 23.1 Å². The molecule has 0 amide bonds. The van der Waals surface area contributed by atoms with Gasteiger partial charge >= 0.3 is 11.9 Å². The molecule has 0 saturated heterocycles. The Balaban J connectivity index is 2.21. The molecule has 0 N–H and O–H groups in total. The van der Waals surface area contributed by atoms with Gasteiger partial charge in [0.25, 0.3) is 0 Å². The molecule has 0 aliphatic heterocycles.